The Balaban J connectivity index is 2.16. The Bertz CT molecular complexity index is 878. The zero-order valence-corrected chi connectivity index (χ0v) is 11.8. The highest BCUT2D eigenvalue weighted by atomic mass is 32.2. The molecule has 5 heteroatoms. The van der Waals surface area contributed by atoms with Gasteiger partial charge in [-0.3, -0.25) is 0 Å². The third-order valence-corrected chi connectivity index (χ3v) is 4.36. The molecule has 0 saturated carbocycles. The second kappa shape index (κ2) is 4.38. The number of rotatable bonds is 2. The lowest BCUT2D eigenvalue weighted by molar-refractivity contribution is 0.602. The first kappa shape index (κ1) is 12.7. The summed E-state index contributed by atoms with van der Waals surface area (Å²) in [5, 5.41) is 0. The Labute approximate surface area is 117 Å². The van der Waals surface area contributed by atoms with E-state index in [0.717, 1.165) is 16.8 Å². The van der Waals surface area contributed by atoms with Crippen LogP contribution in [0.4, 0.5) is 5.69 Å². The lowest BCUT2D eigenvalue weighted by Gasteiger charge is -2.07. The predicted octanol–water partition coefficient (Wildman–Crippen LogP) is 2.59. The number of hydrogen-bond donors (Lipinski definition) is 1. The van der Waals surface area contributed by atoms with Crippen LogP contribution < -0.4 is 5.73 Å². The maximum absolute atomic E-state index is 11.5. The molecule has 3 rings (SSSR count). The average Bonchev–Trinajstić information content (AvgIpc) is 2.78. The van der Waals surface area contributed by atoms with Gasteiger partial charge in [0.2, 0.25) is 0 Å². The molecule has 0 unspecified atom stereocenters. The van der Waals surface area contributed by atoms with Crippen molar-refractivity contribution < 1.29 is 8.42 Å². The Morgan fingerprint density at radius 2 is 1.75 bits per heavy atom. The molecule has 0 aliphatic carbocycles. The van der Waals surface area contributed by atoms with Crippen molar-refractivity contribution in [2.75, 3.05) is 12.0 Å². The highest BCUT2D eigenvalue weighted by Crippen LogP contribution is 2.24. The molecular formula is C15H14N2O2S. The molecule has 2 aromatic heterocycles. The minimum Gasteiger partial charge on any atom is -0.397 e. The molecule has 2 N–H and O–H groups in total. The van der Waals surface area contributed by atoms with E-state index in [1.165, 1.54) is 6.26 Å². The number of nitrogens with zero attached hydrogens (tertiary/aromatic N) is 1. The lowest BCUT2D eigenvalue weighted by Crippen LogP contribution is -1.97. The molecule has 3 aromatic rings. The van der Waals surface area contributed by atoms with Crippen molar-refractivity contribution in [1.82, 2.24) is 4.40 Å². The van der Waals surface area contributed by atoms with E-state index >= 15 is 0 Å². The average molecular weight is 286 g/mol. The summed E-state index contributed by atoms with van der Waals surface area (Å²) >= 11 is 0. The van der Waals surface area contributed by atoms with Crippen molar-refractivity contribution in [3.63, 3.8) is 0 Å². The van der Waals surface area contributed by atoms with Crippen LogP contribution in [0.2, 0.25) is 0 Å². The van der Waals surface area contributed by atoms with Gasteiger partial charge in [0, 0.05) is 18.0 Å². The standard InChI is InChI=1S/C15H14N2O2S/c1-20(18,19)14-7-5-11(6-8-14)15-4-2-3-13-9-12(16)10-17(13)15/h2-10H,16H2,1H3. The fourth-order valence-corrected chi connectivity index (χ4v) is 2.90. The summed E-state index contributed by atoms with van der Waals surface area (Å²) in [6.07, 6.45) is 3.06. The smallest absolute Gasteiger partial charge is 0.175 e. The molecule has 0 amide bonds. The highest BCUT2D eigenvalue weighted by Gasteiger charge is 2.08. The first-order valence-electron chi connectivity index (χ1n) is 6.12. The van der Waals surface area contributed by atoms with Crippen LogP contribution in [-0.2, 0) is 9.84 Å². The van der Waals surface area contributed by atoms with Crippen molar-refractivity contribution in [2.24, 2.45) is 0 Å². The summed E-state index contributed by atoms with van der Waals surface area (Å²) in [6, 6.07) is 14.7. The van der Waals surface area contributed by atoms with Gasteiger partial charge in [-0.05, 0) is 35.9 Å². The van der Waals surface area contributed by atoms with Crippen LogP contribution in [0, 0.1) is 0 Å². The van der Waals surface area contributed by atoms with Crippen LogP contribution in [0.1, 0.15) is 0 Å². The third kappa shape index (κ3) is 2.16. The molecule has 1 aromatic carbocycles. The van der Waals surface area contributed by atoms with Crippen molar-refractivity contribution in [3.05, 3.63) is 54.7 Å². The number of nitrogen functional groups attached to an aromatic ring is 1. The Kier molecular flexibility index (Phi) is 2.79. The maximum Gasteiger partial charge on any atom is 0.175 e. The minimum absolute atomic E-state index is 0.320. The van der Waals surface area contributed by atoms with Gasteiger partial charge >= 0.3 is 0 Å². The van der Waals surface area contributed by atoms with Crippen LogP contribution in [0.5, 0.6) is 0 Å². The summed E-state index contributed by atoms with van der Waals surface area (Å²) in [7, 11) is -3.17. The van der Waals surface area contributed by atoms with Crippen LogP contribution in [0.25, 0.3) is 16.8 Å². The predicted molar refractivity (Wildman–Crippen MR) is 80.4 cm³/mol. The van der Waals surface area contributed by atoms with E-state index in [4.69, 9.17) is 5.73 Å². The van der Waals surface area contributed by atoms with Crippen LogP contribution >= 0.6 is 0 Å². The molecule has 20 heavy (non-hydrogen) atoms. The second-order valence-electron chi connectivity index (χ2n) is 4.78. The number of nitrogens with two attached hydrogens (primary N) is 1. The molecule has 0 fully saturated rings. The Morgan fingerprint density at radius 1 is 1.05 bits per heavy atom. The summed E-state index contributed by atoms with van der Waals surface area (Å²) in [5.74, 6) is 0. The lowest BCUT2D eigenvalue weighted by atomic mass is 10.1. The summed E-state index contributed by atoms with van der Waals surface area (Å²) in [5.41, 5.74) is 9.44. The SMILES string of the molecule is CS(=O)(=O)c1ccc(-c2cccc3cc(N)cn23)cc1. The number of pyridine rings is 1. The van der Waals surface area contributed by atoms with E-state index in [-0.39, 0.29) is 0 Å². The number of hydrogen-bond acceptors (Lipinski definition) is 3. The second-order valence-corrected chi connectivity index (χ2v) is 6.79. The largest absolute Gasteiger partial charge is 0.397 e. The van der Waals surface area contributed by atoms with Crippen LogP contribution in [-0.4, -0.2) is 19.1 Å². The number of benzene rings is 1. The van der Waals surface area contributed by atoms with E-state index in [2.05, 4.69) is 0 Å². The van der Waals surface area contributed by atoms with E-state index in [1.54, 1.807) is 24.3 Å². The first-order chi connectivity index (χ1) is 9.45. The van der Waals surface area contributed by atoms with Gasteiger partial charge in [0.25, 0.3) is 0 Å². The molecule has 0 aliphatic heterocycles. The highest BCUT2D eigenvalue weighted by molar-refractivity contribution is 7.90. The van der Waals surface area contributed by atoms with Gasteiger partial charge in [-0.1, -0.05) is 18.2 Å². The number of fused-ring (bicyclic) bond motifs is 1. The summed E-state index contributed by atoms with van der Waals surface area (Å²) in [6.45, 7) is 0. The quantitative estimate of drug-likeness (QED) is 0.787. The third-order valence-electron chi connectivity index (χ3n) is 3.23. The van der Waals surface area contributed by atoms with Crippen molar-refractivity contribution in [3.8, 4) is 11.3 Å². The molecule has 0 radical (unpaired) electrons. The van der Waals surface area contributed by atoms with Gasteiger partial charge in [0.15, 0.2) is 9.84 Å². The fraction of sp³-hybridized carbons (Fsp3) is 0.0667. The zero-order valence-electron chi connectivity index (χ0n) is 10.9. The van der Waals surface area contributed by atoms with Gasteiger partial charge in [0.1, 0.15) is 0 Å². The molecule has 102 valence electrons. The van der Waals surface area contributed by atoms with Crippen LogP contribution in [0.15, 0.2) is 59.6 Å². The van der Waals surface area contributed by atoms with Crippen molar-refractivity contribution in [2.45, 2.75) is 4.90 Å². The summed E-state index contributed by atoms with van der Waals surface area (Å²) < 4.78 is 24.9. The normalized spacial score (nSPS) is 11.8. The molecular weight excluding hydrogens is 272 g/mol. The number of aromatic nitrogens is 1. The van der Waals surface area contributed by atoms with Gasteiger partial charge < -0.3 is 10.1 Å². The molecule has 0 spiro atoms. The molecule has 0 saturated heterocycles. The van der Waals surface area contributed by atoms with Gasteiger partial charge in [-0.2, -0.15) is 0 Å². The van der Waals surface area contributed by atoms with Crippen molar-refractivity contribution >= 4 is 21.0 Å². The molecule has 0 atom stereocenters. The van der Waals surface area contributed by atoms with Gasteiger partial charge in [-0.25, -0.2) is 8.42 Å². The molecule has 2 heterocycles. The zero-order chi connectivity index (χ0) is 14.3. The minimum atomic E-state index is -3.17. The fourth-order valence-electron chi connectivity index (χ4n) is 2.26. The first-order valence-corrected chi connectivity index (χ1v) is 8.01. The Morgan fingerprint density at radius 3 is 2.40 bits per heavy atom. The topological polar surface area (TPSA) is 64.6 Å². The van der Waals surface area contributed by atoms with Gasteiger partial charge in [0.05, 0.1) is 16.3 Å². The monoisotopic (exact) mass is 286 g/mol. The number of anilines is 1. The molecule has 0 bridgehead atoms. The number of sulfone groups is 1. The van der Waals surface area contributed by atoms with E-state index in [9.17, 15) is 8.42 Å². The Hall–Kier alpha value is -2.27. The van der Waals surface area contributed by atoms with Crippen molar-refractivity contribution in [1.29, 1.82) is 0 Å². The van der Waals surface area contributed by atoms with E-state index < -0.39 is 9.84 Å². The van der Waals surface area contributed by atoms with Gasteiger partial charge in [-0.15, -0.1) is 0 Å². The molecule has 0 aliphatic rings. The van der Waals surface area contributed by atoms with Crippen LogP contribution in [0.3, 0.4) is 0 Å². The summed E-state index contributed by atoms with van der Waals surface area (Å²) in [4.78, 5) is 0.320. The maximum atomic E-state index is 11.5. The van der Waals surface area contributed by atoms with E-state index in [0.29, 0.717) is 10.6 Å². The molecule has 4 nitrogen and oxygen atoms in total. The van der Waals surface area contributed by atoms with E-state index in [1.807, 2.05) is 34.9 Å².